The number of carbonyl (C=O) groups excluding carboxylic acids is 1. The lowest BCUT2D eigenvalue weighted by molar-refractivity contribution is 0.0993. The van der Waals surface area contributed by atoms with E-state index in [0.29, 0.717) is 12.1 Å². The average Bonchev–Trinajstić information content (AvgIpc) is 2.46. The first-order valence-corrected chi connectivity index (χ1v) is 7.16. The maximum absolute atomic E-state index is 12.5. The van der Waals surface area contributed by atoms with Gasteiger partial charge in [-0.25, -0.2) is 0 Å². The molecule has 3 heteroatoms. The lowest BCUT2D eigenvalue weighted by Crippen LogP contribution is -2.26. The van der Waals surface area contributed by atoms with E-state index in [0.717, 1.165) is 28.8 Å². The molecule has 0 fully saturated rings. The van der Waals surface area contributed by atoms with Gasteiger partial charge in [-0.2, -0.15) is 0 Å². The summed E-state index contributed by atoms with van der Waals surface area (Å²) >= 11 is 0. The lowest BCUT2D eigenvalue weighted by atomic mass is 10.1. The third kappa shape index (κ3) is 3.70. The van der Waals surface area contributed by atoms with Gasteiger partial charge in [0.15, 0.2) is 0 Å². The van der Waals surface area contributed by atoms with Gasteiger partial charge in [0.25, 0.3) is 5.91 Å². The molecular weight excluding hydrogens is 260 g/mol. The maximum atomic E-state index is 12.5. The van der Waals surface area contributed by atoms with Crippen LogP contribution in [0.2, 0.25) is 0 Å². The molecular formula is C18H22N2O. The second-order valence-corrected chi connectivity index (χ2v) is 5.45. The predicted octanol–water partition coefficient (Wildman–Crippen LogP) is 3.08. The number of nitrogens with two attached hydrogens (primary N) is 1. The molecule has 0 aliphatic heterocycles. The highest BCUT2D eigenvalue weighted by molar-refractivity contribution is 6.05. The van der Waals surface area contributed by atoms with E-state index >= 15 is 0 Å². The van der Waals surface area contributed by atoms with Crippen molar-refractivity contribution in [2.45, 2.75) is 20.3 Å². The highest BCUT2D eigenvalue weighted by Crippen LogP contribution is 2.19. The molecule has 0 bridgehead atoms. The molecule has 1 amide bonds. The van der Waals surface area contributed by atoms with E-state index in [2.05, 4.69) is 6.07 Å². The van der Waals surface area contributed by atoms with Crippen molar-refractivity contribution in [2.75, 3.05) is 18.5 Å². The summed E-state index contributed by atoms with van der Waals surface area (Å²) in [6, 6.07) is 13.8. The molecule has 0 radical (unpaired) electrons. The minimum absolute atomic E-state index is 0.000650. The number of hydrogen-bond donors (Lipinski definition) is 1. The molecule has 2 N–H and O–H groups in total. The van der Waals surface area contributed by atoms with Crippen LogP contribution in [0.3, 0.4) is 0 Å². The van der Waals surface area contributed by atoms with Gasteiger partial charge in [0.1, 0.15) is 0 Å². The second-order valence-electron chi connectivity index (χ2n) is 5.45. The number of benzene rings is 2. The molecule has 0 unspecified atom stereocenters. The van der Waals surface area contributed by atoms with Crippen LogP contribution in [-0.2, 0) is 6.42 Å². The molecule has 0 heterocycles. The first-order valence-electron chi connectivity index (χ1n) is 7.16. The van der Waals surface area contributed by atoms with Crippen molar-refractivity contribution in [2.24, 2.45) is 5.73 Å². The third-order valence-corrected chi connectivity index (χ3v) is 3.53. The fourth-order valence-electron chi connectivity index (χ4n) is 2.44. The summed E-state index contributed by atoms with van der Waals surface area (Å²) in [6.45, 7) is 4.70. The minimum Gasteiger partial charge on any atom is -0.330 e. The van der Waals surface area contributed by atoms with Crippen LogP contribution in [0.1, 0.15) is 27.0 Å². The van der Waals surface area contributed by atoms with Gasteiger partial charge in [0.2, 0.25) is 0 Å². The first-order chi connectivity index (χ1) is 10.0. The first kappa shape index (κ1) is 15.3. The van der Waals surface area contributed by atoms with Crippen LogP contribution in [0.15, 0.2) is 42.5 Å². The Hall–Kier alpha value is -2.13. The molecule has 2 aromatic rings. The van der Waals surface area contributed by atoms with E-state index in [1.54, 1.807) is 4.90 Å². The van der Waals surface area contributed by atoms with Crippen LogP contribution in [-0.4, -0.2) is 19.5 Å². The van der Waals surface area contributed by atoms with E-state index < -0.39 is 0 Å². The zero-order valence-corrected chi connectivity index (χ0v) is 12.9. The Kier molecular flexibility index (Phi) is 4.76. The molecule has 0 aliphatic rings. The van der Waals surface area contributed by atoms with Crippen LogP contribution < -0.4 is 10.6 Å². The van der Waals surface area contributed by atoms with Crippen molar-refractivity contribution in [1.82, 2.24) is 0 Å². The van der Waals surface area contributed by atoms with Gasteiger partial charge in [0, 0.05) is 18.3 Å². The molecule has 0 aromatic heterocycles. The molecule has 0 aliphatic carbocycles. The van der Waals surface area contributed by atoms with Gasteiger partial charge in [-0.3, -0.25) is 4.79 Å². The summed E-state index contributed by atoms with van der Waals surface area (Å²) in [6.07, 6.45) is 0.835. The number of rotatable bonds is 4. The number of carbonyl (C=O) groups is 1. The smallest absolute Gasteiger partial charge is 0.258 e. The molecule has 3 nitrogen and oxygen atoms in total. The van der Waals surface area contributed by atoms with E-state index in [1.165, 1.54) is 0 Å². The lowest BCUT2D eigenvalue weighted by Gasteiger charge is -2.19. The fourth-order valence-corrected chi connectivity index (χ4v) is 2.44. The predicted molar refractivity (Wildman–Crippen MR) is 87.8 cm³/mol. The molecule has 0 saturated heterocycles. The molecule has 110 valence electrons. The zero-order chi connectivity index (χ0) is 15.4. The number of hydrogen-bond acceptors (Lipinski definition) is 2. The molecule has 0 spiro atoms. The summed E-state index contributed by atoms with van der Waals surface area (Å²) < 4.78 is 0. The Bertz CT molecular complexity index is 612. The van der Waals surface area contributed by atoms with Gasteiger partial charge in [-0.05, 0) is 67.8 Å². The SMILES string of the molecule is Cc1cc(C)cc(N(C)C(=O)c2ccc(CCN)cc2)c1. The monoisotopic (exact) mass is 282 g/mol. The van der Waals surface area contributed by atoms with Crippen molar-refractivity contribution in [3.05, 3.63) is 64.7 Å². The van der Waals surface area contributed by atoms with Crippen LogP contribution in [0.25, 0.3) is 0 Å². The Morgan fingerprint density at radius 1 is 1.05 bits per heavy atom. The molecule has 0 atom stereocenters. The van der Waals surface area contributed by atoms with Crippen molar-refractivity contribution in [1.29, 1.82) is 0 Å². The van der Waals surface area contributed by atoms with Crippen molar-refractivity contribution < 1.29 is 4.79 Å². The minimum atomic E-state index is -0.000650. The van der Waals surface area contributed by atoms with Gasteiger partial charge >= 0.3 is 0 Å². The normalized spacial score (nSPS) is 10.5. The van der Waals surface area contributed by atoms with Crippen molar-refractivity contribution >= 4 is 11.6 Å². The summed E-state index contributed by atoms with van der Waals surface area (Å²) in [5, 5.41) is 0. The molecule has 2 rings (SSSR count). The topological polar surface area (TPSA) is 46.3 Å². The molecule has 2 aromatic carbocycles. The number of amides is 1. The summed E-state index contributed by atoms with van der Waals surface area (Å²) in [4.78, 5) is 14.2. The van der Waals surface area contributed by atoms with Crippen LogP contribution >= 0.6 is 0 Å². The molecule has 21 heavy (non-hydrogen) atoms. The maximum Gasteiger partial charge on any atom is 0.258 e. The average molecular weight is 282 g/mol. The van der Waals surface area contributed by atoms with E-state index in [1.807, 2.05) is 57.3 Å². The summed E-state index contributed by atoms with van der Waals surface area (Å²) in [7, 11) is 1.81. The molecule has 0 saturated carbocycles. The Balaban J connectivity index is 2.22. The Labute approximate surface area is 126 Å². The van der Waals surface area contributed by atoms with Gasteiger partial charge in [-0.15, -0.1) is 0 Å². The standard InChI is InChI=1S/C18H22N2O/c1-13-10-14(2)12-17(11-13)20(3)18(21)16-6-4-15(5-7-16)8-9-19/h4-7,10-12H,8-9,19H2,1-3H3. The fraction of sp³-hybridized carbons (Fsp3) is 0.278. The third-order valence-electron chi connectivity index (χ3n) is 3.53. The van der Waals surface area contributed by atoms with Crippen LogP contribution in [0.4, 0.5) is 5.69 Å². The van der Waals surface area contributed by atoms with E-state index in [-0.39, 0.29) is 5.91 Å². The second kappa shape index (κ2) is 6.55. The highest BCUT2D eigenvalue weighted by atomic mass is 16.2. The van der Waals surface area contributed by atoms with Gasteiger partial charge in [0.05, 0.1) is 0 Å². The largest absolute Gasteiger partial charge is 0.330 e. The van der Waals surface area contributed by atoms with Crippen LogP contribution in [0, 0.1) is 13.8 Å². The van der Waals surface area contributed by atoms with Crippen molar-refractivity contribution in [3.8, 4) is 0 Å². The van der Waals surface area contributed by atoms with Gasteiger partial charge in [-0.1, -0.05) is 18.2 Å². The zero-order valence-electron chi connectivity index (χ0n) is 12.9. The number of nitrogens with zero attached hydrogens (tertiary/aromatic N) is 1. The number of anilines is 1. The Morgan fingerprint density at radius 3 is 2.14 bits per heavy atom. The highest BCUT2D eigenvalue weighted by Gasteiger charge is 2.13. The number of aryl methyl sites for hydroxylation is 2. The Morgan fingerprint density at radius 2 is 1.62 bits per heavy atom. The van der Waals surface area contributed by atoms with Gasteiger partial charge < -0.3 is 10.6 Å². The summed E-state index contributed by atoms with van der Waals surface area (Å²) in [5.41, 5.74) is 10.6. The summed E-state index contributed by atoms with van der Waals surface area (Å²) in [5.74, 6) is -0.000650. The van der Waals surface area contributed by atoms with Crippen LogP contribution in [0.5, 0.6) is 0 Å². The van der Waals surface area contributed by atoms with Crippen molar-refractivity contribution in [3.63, 3.8) is 0 Å². The quantitative estimate of drug-likeness (QED) is 0.936. The van der Waals surface area contributed by atoms with E-state index in [9.17, 15) is 4.79 Å². The van der Waals surface area contributed by atoms with E-state index in [4.69, 9.17) is 5.73 Å².